The van der Waals surface area contributed by atoms with Crippen molar-refractivity contribution in [1.29, 1.82) is 0 Å². The van der Waals surface area contributed by atoms with Crippen molar-refractivity contribution in [2.75, 3.05) is 26.4 Å². The van der Waals surface area contributed by atoms with Gasteiger partial charge >= 0.3 is 0 Å². The number of nitrogens with one attached hydrogen (secondary N) is 1. The highest BCUT2D eigenvalue weighted by molar-refractivity contribution is 5.82. The van der Waals surface area contributed by atoms with Gasteiger partial charge in [0.25, 0.3) is 5.91 Å². The van der Waals surface area contributed by atoms with Crippen LogP contribution in [0.25, 0.3) is 0 Å². The predicted molar refractivity (Wildman–Crippen MR) is 114 cm³/mol. The Morgan fingerprint density at radius 1 is 1.13 bits per heavy atom. The van der Waals surface area contributed by atoms with E-state index in [9.17, 15) is 9.59 Å². The third-order valence-corrected chi connectivity index (χ3v) is 7.47. The Morgan fingerprint density at radius 3 is 2.74 bits per heavy atom. The second-order valence-corrected chi connectivity index (χ2v) is 9.45. The molecule has 4 heterocycles. The fourth-order valence-corrected chi connectivity index (χ4v) is 5.86. The molecular weight excluding hydrogens is 396 g/mol. The summed E-state index contributed by atoms with van der Waals surface area (Å²) in [7, 11) is 0. The lowest BCUT2D eigenvalue weighted by atomic mass is 9.80. The van der Waals surface area contributed by atoms with Crippen LogP contribution in [0.2, 0.25) is 0 Å². The number of rotatable bonds is 0. The van der Waals surface area contributed by atoms with Crippen LogP contribution >= 0.6 is 0 Å². The van der Waals surface area contributed by atoms with Gasteiger partial charge in [-0.1, -0.05) is 18.2 Å². The van der Waals surface area contributed by atoms with Gasteiger partial charge in [0.15, 0.2) is 6.10 Å². The van der Waals surface area contributed by atoms with Crippen LogP contribution in [-0.4, -0.2) is 66.9 Å². The zero-order chi connectivity index (χ0) is 21.4. The lowest BCUT2D eigenvalue weighted by molar-refractivity contribution is -0.159. The van der Waals surface area contributed by atoms with E-state index >= 15 is 0 Å². The zero-order valence-electron chi connectivity index (χ0n) is 18.2. The van der Waals surface area contributed by atoms with Crippen LogP contribution < -0.4 is 10.1 Å². The number of para-hydroxylation sites is 1. The number of morpholine rings is 1. The maximum Gasteiger partial charge on any atom is 0.263 e. The van der Waals surface area contributed by atoms with Gasteiger partial charge in [-0.15, -0.1) is 0 Å². The number of hydrogen-bond acceptors (Lipinski definition) is 5. The largest absolute Gasteiger partial charge is 0.481 e. The van der Waals surface area contributed by atoms with Crippen LogP contribution in [0.1, 0.15) is 56.9 Å². The van der Waals surface area contributed by atoms with Gasteiger partial charge in [0, 0.05) is 6.54 Å². The van der Waals surface area contributed by atoms with Gasteiger partial charge in [-0.25, -0.2) is 0 Å². The van der Waals surface area contributed by atoms with E-state index in [4.69, 9.17) is 14.2 Å². The summed E-state index contributed by atoms with van der Waals surface area (Å²) in [4.78, 5) is 27.7. The number of benzene rings is 1. The maximum atomic E-state index is 13.6. The molecule has 0 aromatic heterocycles. The molecule has 0 radical (unpaired) electrons. The second kappa shape index (κ2) is 8.43. The molecule has 1 aromatic carbocycles. The fraction of sp³-hybridized carbons (Fsp3) is 0.667. The minimum absolute atomic E-state index is 0.0612. The maximum absolute atomic E-state index is 13.6. The number of ether oxygens (including phenoxy) is 3. The highest BCUT2D eigenvalue weighted by Crippen LogP contribution is 2.40. The van der Waals surface area contributed by atoms with Crippen LogP contribution in [0.15, 0.2) is 24.3 Å². The Hall–Kier alpha value is -2.12. The van der Waals surface area contributed by atoms with Gasteiger partial charge in [-0.05, 0) is 63.0 Å². The van der Waals surface area contributed by atoms with Gasteiger partial charge in [0.05, 0.1) is 30.9 Å². The van der Waals surface area contributed by atoms with E-state index in [-0.39, 0.29) is 30.6 Å². The molecule has 7 heteroatoms. The molecule has 2 bridgehead atoms. The van der Waals surface area contributed by atoms with E-state index in [1.54, 1.807) is 0 Å². The topological polar surface area (TPSA) is 77.1 Å². The normalized spacial score (nSPS) is 36.4. The van der Waals surface area contributed by atoms with Gasteiger partial charge in [0.1, 0.15) is 12.4 Å². The molecule has 1 saturated carbocycles. The van der Waals surface area contributed by atoms with Crippen molar-refractivity contribution in [2.24, 2.45) is 0 Å². The number of nitrogens with zero attached hydrogens (tertiary/aromatic N) is 1. The molecule has 3 unspecified atom stereocenters. The number of fused-ring (bicyclic) bond motifs is 5. The van der Waals surface area contributed by atoms with E-state index in [1.807, 2.05) is 30.0 Å². The van der Waals surface area contributed by atoms with Crippen molar-refractivity contribution in [2.45, 2.75) is 75.2 Å². The molecule has 6 rings (SSSR count). The van der Waals surface area contributed by atoms with Gasteiger partial charge < -0.3 is 24.4 Å². The number of carbonyl (C=O) groups is 2. The zero-order valence-corrected chi connectivity index (χ0v) is 18.2. The van der Waals surface area contributed by atoms with E-state index in [1.165, 1.54) is 5.56 Å². The van der Waals surface area contributed by atoms with E-state index in [2.05, 4.69) is 11.4 Å². The van der Waals surface area contributed by atoms with Crippen molar-refractivity contribution in [3.63, 3.8) is 0 Å². The van der Waals surface area contributed by atoms with Crippen LogP contribution in [-0.2, 0) is 19.1 Å². The first-order chi connectivity index (χ1) is 15.1. The lowest BCUT2D eigenvalue weighted by Crippen LogP contribution is -2.72. The molecule has 7 nitrogen and oxygen atoms in total. The smallest absolute Gasteiger partial charge is 0.263 e. The van der Waals surface area contributed by atoms with E-state index in [0.717, 1.165) is 44.3 Å². The molecule has 1 aliphatic carbocycles. The number of carbonyl (C=O) groups excluding carboxylic acids is 2. The summed E-state index contributed by atoms with van der Waals surface area (Å²) >= 11 is 0. The first-order valence-electron chi connectivity index (χ1n) is 11.6. The molecule has 3 fully saturated rings. The molecule has 5 aliphatic rings. The van der Waals surface area contributed by atoms with Gasteiger partial charge in [-0.2, -0.15) is 0 Å². The first-order valence-corrected chi connectivity index (χ1v) is 11.6. The van der Waals surface area contributed by atoms with E-state index in [0.29, 0.717) is 25.7 Å². The molecule has 4 aliphatic heterocycles. The van der Waals surface area contributed by atoms with Gasteiger partial charge in [-0.3, -0.25) is 9.59 Å². The molecule has 1 N–H and O–H groups in total. The molecule has 31 heavy (non-hydrogen) atoms. The molecule has 1 aromatic rings. The highest BCUT2D eigenvalue weighted by atomic mass is 16.5. The Labute approximate surface area is 183 Å². The highest BCUT2D eigenvalue weighted by Gasteiger charge is 2.50. The van der Waals surface area contributed by atoms with Crippen molar-refractivity contribution < 1.29 is 23.8 Å². The Balaban J connectivity index is 1.49. The third kappa shape index (κ3) is 3.94. The van der Waals surface area contributed by atoms with Crippen molar-refractivity contribution in [3.8, 4) is 5.75 Å². The Kier molecular flexibility index (Phi) is 5.65. The van der Waals surface area contributed by atoms with Crippen LogP contribution in [0, 0.1) is 0 Å². The summed E-state index contributed by atoms with van der Waals surface area (Å²) in [5.74, 6) is 1.06. The van der Waals surface area contributed by atoms with Crippen LogP contribution in [0.4, 0.5) is 0 Å². The van der Waals surface area contributed by atoms with Crippen molar-refractivity contribution in [3.05, 3.63) is 29.8 Å². The number of piperidine rings is 1. The molecule has 168 valence electrons. The third-order valence-electron chi connectivity index (χ3n) is 7.47. The van der Waals surface area contributed by atoms with Crippen molar-refractivity contribution >= 4 is 11.8 Å². The molecule has 1 spiro atoms. The Bertz CT molecular complexity index is 833. The minimum atomic E-state index is -0.614. The summed E-state index contributed by atoms with van der Waals surface area (Å²) in [6, 6.07) is 7.86. The Morgan fingerprint density at radius 2 is 1.94 bits per heavy atom. The second-order valence-electron chi connectivity index (χ2n) is 9.45. The average Bonchev–Trinajstić information content (AvgIpc) is 2.79. The standard InChI is InChI=1S/C24H32N2O5/c1-16-23(28)26-12-4-11-24(15-29-14-22(27)25-24)21(26)13-30-18-9-7-17(8-10-18)19-5-2-3-6-20(19)31-16/h2-3,5-6,16-18,21H,4,7-15H2,1H3,(H,25,27)/t16?,17-,18+,21?,24?. The average molecular weight is 429 g/mol. The van der Waals surface area contributed by atoms with E-state index < -0.39 is 11.6 Å². The van der Waals surface area contributed by atoms with Crippen molar-refractivity contribution in [1.82, 2.24) is 10.2 Å². The van der Waals surface area contributed by atoms with Crippen LogP contribution in [0.5, 0.6) is 5.75 Å². The summed E-state index contributed by atoms with van der Waals surface area (Å²) in [6.07, 6.45) is 5.23. The fourth-order valence-electron chi connectivity index (χ4n) is 5.86. The molecule has 2 saturated heterocycles. The number of amides is 2. The first kappa shape index (κ1) is 20.8. The molecule has 2 amide bonds. The molecular formula is C24H32N2O5. The van der Waals surface area contributed by atoms with Gasteiger partial charge in [0.2, 0.25) is 5.91 Å². The quantitative estimate of drug-likeness (QED) is 0.687. The molecule has 3 atom stereocenters. The van der Waals surface area contributed by atoms with Crippen LogP contribution in [0.3, 0.4) is 0 Å². The summed E-state index contributed by atoms with van der Waals surface area (Å²) < 4.78 is 18.3. The summed E-state index contributed by atoms with van der Waals surface area (Å²) in [6.45, 7) is 3.34. The SMILES string of the molecule is CC1Oc2ccccc2[C@H]2CC[C@H](CC2)OCC2N(CCCC23COCC(=O)N3)C1=O. The number of hydrogen-bond donors (Lipinski definition) is 1. The lowest BCUT2D eigenvalue weighted by Gasteiger charge is -2.52. The summed E-state index contributed by atoms with van der Waals surface area (Å²) in [5, 5.41) is 3.17. The monoisotopic (exact) mass is 428 g/mol. The predicted octanol–water partition coefficient (Wildman–Crippen LogP) is 2.39. The summed E-state index contributed by atoms with van der Waals surface area (Å²) in [5.41, 5.74) is 0.595. The minimum Gasteiger partial charge on any atom is -0.481 e.